The Morgan fingerprint density at radius 1 is 1.50 bits per heavy atom. The first-order valence-electron chi connectivity index (χ1n) is 6.31. The van der Waals surface area contributed by atoms with Crippen LogP contribution in [0.1, 0.15) is 12.2 Å². The molecule has 2 aromatic heterocycles. The van der Waals surface area contributed by atoms with Crippen LogP contribution in [-0.2, 0) is 12.4 Å². The van der Waals surface area contributed by atoms with Crippen molar-refractivity contribution < 1.29 is 0 Å². The molecule has 0 spiro atoms. The molecule has 0 bridgehead atoms. The zero-order valence-corrected chi connectivity index (χ0v) is 11.3. The van der Waals surface area contributed by atoms with Crippen LogP contribution in [0.25, 0.3) is 11.0 Å². The summed E-state index contributed by atoms with van der Waals surface area (Å²) in [5.41, 5.74) is 2.09. The second-order valence-electron chi connectivity index (χ2n) is 5.05. The van der Waals surface area contributed by atoms with E-state index in [0.717, 1.165) is 29.9 Å². The molecule has 18 heavy (non-hydrogen) atoms. The van der Waals surface area contributed by atoms with Gasteiger partial charge in [0.15, 0.2) is 0 Å². The Balaban J connectivity index is 1.94. The fourth-order valence-corrected chi connectivity index (χ4v) is 2.97. The van der Waals surface area contributed by atoms with Crippen LogP contribution in [0.3, 0.4) is 0 Å². The van der Waals surface area contributed by atoms with E-state index >= 15 is 0 Å². The molecule has 0 saturated carbocycles. The van der Waals surface area contributed by atoms with Gasteiger partial charge in [0.05, 0.1) is 17.6 Å². The molecule has 1 atom stereocenters. The SMILES string of the molecule is CN1CCC(Cn2c(CCl)nc3cnccc32)C1. The molecule has 1 aliphatic heterocycles. The molecule has 1 fully saturated rings. The zero-order chi connectivity index (χ0) is 12.5. The molecule has 1 saturated heterocycles. The lowest BCUT2D eigenvalue weighted by Gasteiger charge is -2.13. The van der Waals surface area contributed by atoms with Gasteiger partial charge in [0.1, 0.15) is 11.3 Å². The topological polar surface area (TPSA) is 34.0 Å². The number of imidazole rings is 1. The first-order chi connectivity index (χ1) is 8.78. The third-order valence-electron chi connectivity index (χ3n) is 3.68. The molecule has 1 aliphatic rings. The van der Waals surface area contributed by atoms with Crippen molar-refractivity contribution in [2.24, 2.45) is 5.92 Å². The van der Waals surface area contributed by atoms with E-state index in [9.17, 15) is 0 Å². The standard InChI is InChI=1S/C13H17ClN4/c1-17-5-3-10(8-17)9-18-12-2-4-15-7-11(12)16-13(18)6-14/h2,4,7,10H,3,5-6,8-9H2,1H3. The lowest BCUT2D eigenvalue weighted by Crippen LogP contribution is -2.18. The smallest absolute Gasteiger partial charge is 0.124 e. The van der Waals surface area contributed by atoms with Gasteiger partial charge in [-0.05, 0) is 32.0 Å². The normalized spacial score (nSPS) is 20.9. The summed E-state index contributed by atoms with van der Waals surface area (Å²) < 4.78 is 2.26. The molecule has 0 radical (unpaired) electrons. The minimum Gasteiger partial charge on any atom is -0.327 e. The van der Waals surface area contributed by atoms with E-state index in [0.29, 0.717) is 11.8 Å². The average molecular weight is 265 g/mol. The van der Waals surface area contributed by atoms with Crippen LogP contribution in [0.4, 0.5) is 0 Å². The van der Waals surface area contributed by atoms with Crippen LogP contribution in [0.15, 0.2) is 18.5 Å². The third-order valence-corrected chi connectivity index (χ3v) is 3.92. The van der Waals surface area contributed by atoms with Gasteiger partial charge >= 0.3 is 0 Å². The quantitative estimate of drug-likeness (QED) is 0.797. The third kappa shape index (κ3) is 2.10. The number of alkyl halides is 1. The highest BCUT2D eigenvalue weighted by atomic mass is 35.5. The van der Waals surface area contributed by atoms with E-state index in [1.54, 1.807) is 0 Å². The van der Waals surface area contributed by atoms with E-state index in [4.69, 9.17) is 11.6 Å². The van der Waals surface area contributed by atoms with Gasteiger partial charge < -0.3 is 9.47 Å². The number of rotatable bonds is 3. The van der Waals surface area contributed by atoms with Crippen molar-refractivity contribution in [2.45, 2.75) is 18.8 Å². The molecular formula is C13H17ClN4. The van der Waals surface area contributed by atoms with Gasteiger partial charge in [0, 0.05) is 19.3 Å². The van der Waals surface area contributed by atoms with Crippen LogP contribution in [0.5, 0.6) is 0 Å². The Morgan fingerprint density at radius 2 is 2.39 bits per heavy atom. The fraction of sp³-hybridized carbons (Fsp3) is 0.538. The highest BCUT2D eigenvalue weighted by molar-refractivity contribution is 6.16. The summed E-state index contributed by atoms with van der Waals surface area (Å²) in [7, 11) is 2.18. The van der Waals surface area contributed by atoms with E-state index in [1.807, 2.05) is 18.5 Å². The number of hydrogen-bond acceptors (Lipinski definition) is 3. The fourth-order valence-electron chi connectivity index (χ4n) is 2.77. The molecule has 5 heteroatoms. The summed E-state index contributed by atoms with van der Waals surface area (Å²) in [4.78, 5) is 11.0. The van der Waals surface area contributed by atoms with Crippen molar-refractivity contribution >= 4 is 22.6 Å². The number of nitrogens with zero attached hydrogens (tertiary/aromatic N) is 4. The van der Waals surface area contributed by atoms with Crippen molar-refractivity contribution in [3.05, 3.63) is 24.3 Å². The zero-order valence-electron chi connectivity index (χ0n) is 10.5. The van der Waals surface area contributed by atoms with E-state index in [1.165, 1.54) is 13.0 Å². The number of aromatic nitrogens is 3. The maximum absolute atomic E-state index is 6.00. The van der Waals surface area contributed by atoms with Crippen molar-refractivity contribution in [1.82, 2.24) is 19.4 Å². The summed E-state index contributed by atoms with van der Waals surface area (Å²) in [6.45, 7) is 3.36. The van der Waals surface area contributed by atoms with Crippen LogP contribution in [-0.4, -0.2) is 39.6 Å². The van der Waals surface area contributed by atoms with Crippen LogP contribution in [0, 0.1) is 5.92 Å². The summed E-state index contributed by atoms with van der Waals surface area (Å²) in [5.74, 6) is 2.11. The Kier molecular flexibility index (Phi) is 3.22. The number of hydrogen-bond donors (Lipinski definition) is 0. The highest BCUT2D eigenvalue weighted by Gasteiger charge is 2.21. The first kappa shape index (κ1) is 11.9. The van der Waals surface area contributed by atoms with E-state index in [2.05, 4.69) is 26.5 Å². The number of fused-ring (bicyclic) bond motifs is 1. The molecule has 0 amide bonds. The number of likely N-dealkylation sites (tertiary alicyclic amines) is 1. The molecular weight excluding hydrogens is 248 g/mol. The van der Waals surface area contributed by atoms with Crippen molar-refractivity contribution in [2.75, 3.05) is 20.1 Å². The Morgan fingerprint density at radius 3 is 3.11 bits per heavy atom. The minimum atomic E-state index is 0.456. The molecule has 0 aliphatic carbocycles. The number of pyridine rings is 1. The van der Waals surface area contributed by atoms with Crippen molar-refractivity contribution in [3.8, 4) is 0 Å². The highest BCUT2D eigenvalue weighted by Crippen LogP contribution is 2.22. The Bertz CT molecular complexity index is 551. The summed E-state index contributed by atoms with van der Waals surface area (Å²) >= 11 is 6.00. The molecule has 96 valence electrons. The van der Waals surface area contributed by atoms with Gasteiger partial charge in [0.25, 0.3) is 0 Å². The number of halogens is 1. The van der Waals surface area contributed by atoms with Gasteiger partial charge in [-0.25, -0.2) is 4.98 Å². The monoisotopic (exact) mass is 264 g/mol. The molecule has 2 aromatic rings. The second-order valence-corrected chi connectivity index (χ2v) is 5.32. The maximum Gasteiger partial charge on any atom is 0.124 e. The van der Waals surface area contributed by atoms with E-state index < -0.39 is 0 Å². The summed E-state index contributed by atoms with van der Waals surface area (Å²) in [6.07, 6.45) is 4.88. The van der Waals surface area contributed by atoms with Crippen LogP contribution < -0.4 is 0 Å². The molecule has 0 aromatic carbocycles. The van der Waals surface area contributed by atoms with E-state index in [-0.39, 0.29) is 0 Å². The lowest BCUT2D eigenvalue weighted by atomic mass is 10.1. The first-order valence-corrected chi connectivity index (χ1v) is 6.85. The Hall–Kier alpha value is -1.13. The van der Waals surface area contributed by atoms with Gasteiger partial charge in [-0.1, -0.05) is 0 Å². The Labute approximate surface area is 112 Å². The van der Waals surface area contributed by atoms with Gasteiger partial charge in [-0.3, -0.25) is 4.98 Å². The van der Waals surface area contributed by atoms with Crippen LogP contribution >= 0.6 is 11.6 Å². The lowest BCUT2D eigenvalue weighted by molar-refractivity contribution is 0.378. The van der Waals surface area contributed by atoms with Crippen molar-refractivity contribution in [1.29, 1.82) is 0 Å². The second kappa shape index (κ2) is 4.86. The maximum atomic E-state index is 6.00. The summed E-state index contributed by atoms with van der Waals surface area (Å²) in [5, 5.41) is 0. The predicted octanol–water partition coefficient (Wildman–Crippen LogP) is 2.12. The average Bonchev–Trinajstić information content (AvgIpc) is 2.94. The molecule has 3 heterocycles. The molecule has 4 nitrogen and oxygen atoms in total. The van der Waals surface area contributed by atoms with Gasteiger partial charge in [-0.2, -0.15) is 0 Å². The van der Waals surface area contributed by atoms with Gasteiger partial charge in [-0.15, -0.1) is 11.6 Å². The molecule has 3 rings (SSSR count). The van der Waals surface area contributed by atoms with Crippen LogP contribution in [0.2, 0.25) is 0 Å². The van der Waals surface area contributed by atoms with Crippen molar-refractivity contribution in [3.63, 3.8) is 0 Å². The molecule has 1 unspecified atom stereocenters. The largest absolute Gasteiger partial charge is 0.327 e. The van der Waals surface area contributed by atoms with Gasteiger partial charge in [0.2, 0.25) is 0 Å². The summed E-state index contributed by atoms with van der Waals surface area (Å²) in [6, 6.07) is 2.02. The predicted molar refractivity (Wildman–Crippen MR) is 72.7 cm³/mol. The minimum absolute atomic E-state index is 0.456. The molecule has 0 N–H and O–H groups in total.